The lowest BCUT2D eigenvalue weighted by atomic mass is 9.98. The molecule has 0 bridgehead atoms. The van der Waals surface area contributed by atoms with E-state index in [1.807, 2.05) is 24.3 Å². The first-order chi connectivity index (χ1) is 30.3. The van der Waals surface area contributed by atoms with Gasteiger partial charge in [-0.25, -0.2) is 4.79 Å². The standard InChI is InChI=1S/C45H73NO15/c1-2-3-13-48-15-17-50-19-21-52-23-25-54-27-29-56-31-33-58-35-37-60-38-36-59-34-32-57-30-28-55-26-24-53-22-20-51-18-16-49-14-12-46-45(47)61-39-44-42-10-6-4-8-40(42)41-9-5-7-11-43(41)44/h4-11,44H,2-3,12-39H2,1H3,(H,46,47). The monoisotopic (exact) mass is 867 g/mol. The molecule has 348 valence electrons. The van der Waals surface area contributed by atoms with Gasteiger partial charge in [0.15, 0.2) is 0 Å². The van der Waals surface area contributed by atoms with Crippen molar-refractivity contribution in [1.29, 1.82) is 0 Å². The predicted molar refractivity (Wildman–Crippen MR) is 229 cm³/mol. The maximum atomic E-state index is 12.3. The SMILES string of the molecule is CCCCOCCOCCOCCOCCOCCOCCOCCOCCOCCOCCOCCOCCOCCNC(=O)OCC1c2ccccc2-c2ccccc21. The third-order valence-electron chi connectivity index (χ3n) is 8.97. The first kappa shape index (κ1) is 52.5. The minimum absolute atomic E-state index is 0.0347. The average molecular weight is 868 g/mol. The highest BCUT2D eigenvalue weighted by Crippen LogP contribution is 2.44. The number of ether oxygens (including phenoxy) is 14. The van der Waals surface area contributed by atoms with Crippen LogP contribution in [0.4, 0.5) is 4.79 Å². The van der Waals surface area contributed by atoms with Crippen LogP contribution in [-0.2, 0) is 66.3 Å². The molecule has 16 heteroatoms. The molecule has 1 aliphatic carbocycles. The van der Waals surface area contributed by atoms with Gasteiger partial charge in [-0.2, -0.15) is 0 Å². The molecular weight excluding hydrogens is 794 g/mol. The van der Waals surface area contributed by atoms with Crippen LogP contribution in [0.1, 0.15) is 36.8 Å². The van der Waals surface area contributed by atoms with Crippen molar-refractivity contribution >= 4 is 6.09 Å². The molecule has 0 radical (unpaired) electrons. The van der Waals surface area contributed by atoms with Crippen LogP contribution in [0.15, 0.2) is 48.5 Å². The summed E-state index contributed by atoms with van der Waals surface area (Å²) in [5.74, 6) is 0.0347. The minimum atomic E-state index is -0.453. The van der Waals surface area contributed by atoms with Crippen LogP contribution in [0.25, 0.3) is 11.1 Å². The van der Waals surface area contributed by atoms with E-state index >= 15 is 0 Å². The average Bonchev–Trinajstić information content (AvgIpc) is 3.60. The van der Waals surface area contributed by atoms with E-state index in [1.165, 1.54) is 22.3 Å². The van der Waals surface area contributed by atoms with Gasteiger partial charge in [0.25, 0.3) is 0 Å². The number of carbonyl (C=O) groups is 1. The summed E-state index contributed by atoms with van der Waals surface area (Å²) in [7, 11) is 0. The molecule has 3 rings (SSSR count). The number of benzene rings is 2. The Hall–Kier alpha value is -2.81. The molecule has 0 aliphatic heterocycles. The van der Waals surface area contributed by atoms with Gasteiger partial charge in [0, 0.05) is 19.1 Å². The van der Waals surface area contributed by atoms with Gasteiger partial charge < -0.3 is 71.6 Å². The van der Waals surface area contributed by atoms with Gasteiger partial charge >= 0.3 is 6.09 Å². The number of amides is 1. The Kier molecular flexibility index (Phi) is 33.4. The Morgan fingerprint density at radius 3 is 1.00 bits per heavy atom. The van der Waals surface area contributed by atoms with Crippen molar-refractivity contribution in [2.24, 2.45) is 0 Å². The number of unbranched alkanes of at least 4 members (excludes halogenated alkanes) is 1. The van der Waals surface area contributed by atoms with Crippen molar-refractivity contribution in [2.75, 3.05) is 185 Å². The zero-order valence-electron chi connectivity index (χ0n) is 36.5. The molecule has 1 aliphatic rings. The molecule has 0 saturated carbocycles. The van der Waals surface area contributed by atoms with Gasteiger partial charge in [-0.05, 0) is 28.7 Å². The van der Waals surface area contributed by atoms with Crippen molar-refractivity contribution < 1.29 is 71.1 Å². The smallest absolute Gasteiger partial charge is 0.407 e. The molecule has 61 heavy (non-hydrogen) atoms. The normalized spacial score (nSPS) is 12.2. The fourth-order valence-corrected chi connectivity index (χ4v) is 5.86. The summed E-state index contributed by atoms with van der Waals surface area (Å²) in [6, 6.07) is 16.5. The number of fused-ring (bicyclic) bond motifs is 3. The third kappa shape index (κ3) is 27.1. The molecule has 0 heterocycles. The van der Waals surface area contributed by atoms with Gasteiger partial charge in [0.05, 0.1) is 165 Å². The summed E-state index contributed by atoms with van der Waals surface area (Å²) in [4.78, 5) is 12.3. The first-order valence-corrected chi connectivity index (χ1v) is 21.9. The van der Waals surface area contributed by atoms with Crippen LogP contribution in [-0.4, -0.2) is 191 Å². The maximum absolute atomic E-state index is 12.3. The first-order valence-electron chi connectivity index (χ1n) is 21.9. The van der Waals surface area contributed by atoms with Crippen LogP contribution >= 0.6 is 0 Å². The van der Waals surface area contributed by atoms with Gasteiger partial charge in [-0.1, -0.05) is 61.9 Å². The van der Waals surface area contributed by atoms with Crippen LogP contribution in [0.3, 0.4) is 0 Å². The number of alkyl carbamates (subject to hydrolysis) is 1. The Morgan fingerprint density at radius 1 is 0.410 bits per heavy atom. The van der Waals surface area contributed by atoms with Crippen molar-refractivity contribution in [3.63, 3.8) is 0 Å². The van der Waals surface area contributed by atoms with Crippen LogP contribution in [0.5, 0.6) is 0 Å². The van der Waals surface area contributed by atoms with E-state index in [0.717, 1.165) is 19.4 Å². The molecule has 2 aromatic rings. The number of rotatable bonds is 44. The lowest BCUT2D eigenvalue weighted by Crippen LogP contribution is -2.29. The fraction of sp³-hybridized carbons (Fsp3) is 0.711. The van der Waals surface area contributed by atoms with Gasteiger partial charge in [0.2, 0.25) is 0 Å². The summed E-state index contributed by atoms with van der Waals surface area (Å²) in [6.07, 6.45) is 1.78. The zero-order chi connectivity index (χ0) is 42.9. The lowest BCUT2D eigenvalue weighted by molar-refractivity contribution is -0.0290. The molecule has 0 unspecified atom stereocenters. The number of carbonyl (C=O) groups excluding carboxylic acids is 1. The minimum Gasteiger partial charge on any atom is -0.449 e. The Labute approximate surface area is 363 Å². The molecule has 0 fully saturated rings. The second-order valence-electron chi connectivity index (χ2n) is 13.6. The second kappa shape index (κ2) is 38.8. The molecule has 0 aromatic heterocycles. The van der Waals surface area contributed by atoms with Crippen LogP contribution < -0.4 is 5.32 Å². The lowest BCUT2D eigenvalue weighted by Gasteiger charge is -2.14. The van der Waals surface area contributed by atoms with E-state index in [4.69, 9.17) is 66.3 Å². The topological polar surface area (TPSA) is 158 Å². The summed E-state index contributed by atoms with van der Waals surface area (Å²) in [6.45, 7) is 16.1. The molecule has 16 nitrogen and oxygen atoms in total. The van der Waals surface area contributed by atoms with Crippen molar-refractivity contribution in [1.82, 2.24) is 5.32 Å². The molecular formula is C45H73NO15. The van der Waals surface area contributed by atoms with Crippen LogP contribution in [0, 0.1) is 0 Å². The van der Waals surface area contributed by atoms with Crippen molar-refractivity contribution in [3.8, 4) is 11.1 Å². The molecule has 0 atom stereocenters. The Balaban J connectivity index is 0.915. The van der Waals surface area contributed by atoms with Gasteiger partial charge in [-0.3, -0.25) is 0 Å². The summed E-state index contributed by atoms with van der Waals surface area (Å²) in [5, 5.41) is 2.75. The molecule has 2 aromatic carbocycles. The van der Waals surface area contributed by atoms with E-state index in [2.05, 4.69) is 36.5 Å². The van der Waals surface area contributed by atoms with E-state index < -0.39 is 6.09 Å². The highest BCUT2D eigenvalue weighted by Gasteiger charge is 2.29. The van der Waals surface area contributed by atoms with Gasteiger partial charge in [0.1, 0.15) is 6.61 Å². The van der Waals surface area contributed by atoms with Crippen molar-refractivity contribution in [3.05, 3.63) is 59.7 Å². The summed E-state index contributed by atoms with van der Waals surface area (Å²) < 4.78 is 77.0. The highest BCUT2D eigenvalue weighted by atomic mass is 16.6. The maximum Gasteiger partial charge on any atom is 0.407 e. The van der Waals surface area contributed by atoms with Crippen molar-refractivity contribution in [2.45, 2.75) is 25.7 Å². The van der Waals surface area contributed by atoms with E-state index in [1.54, 1.807) is 0 Å². The number of hydrogen-bond acceptors (Lipinski definition) is 15. The molecule has 0 spiro atoms. The third-order valence-corrected chi connectivity index (χ3v) is 8.97. The highest BCUT2D eigenvalue weighted by molar-refractivity contribution is 5.79. The summed E-state index contributed by atoms with van der Waals surface area (Å²) in [5.41, 5.74) is 4.77. The molecule has 0 saturated heterocycles. The van der Waals surface area contributed by atoms with Gasteiger partial charge in [-0.15, -0.1) is 0 Å². The van der Waals surface area contributed by atoms with E-state index in [-0.39, 0.29) is 12.5 Å². The predicted octanol–water partition coefficient (Wildman–Crippen LogP) is 4.54. The van der Waals surface area contributed by atoms with E-state index in [0.29, 0.717) is 172 Å². The number of hydrogen-bond donors (Lipinski definition) is 1. The Bertz CT molecular complexity index is 1260. The zero-order valence-corrected chi connectivity index (χ0v) is 36.5. The number of nitrogens with one attached hydrogen (secondary N) is 1. The Morgan fingerprint density at radius 2 is 0.689 bits per heavy atom. The summed E-state index contributed by atoms with van der Waals surface area (Å²) >= 11 is 0. The largest absolute Gasteiger partial charge is 0.449 e. The molecule has 1 amide bonds. The van der Waals surface area contributed by atoms with E-state index in [9.17, 15) is 4.79 Å². The fourth-order valence-electron chi connectivity index (χ4n) is 5.86. The van der Waals surface area contributed by atoms with Crippen LogP contribution in [0.2, 0.25) is 0 Å². The second-order valence-corrected chi connectivity index (χ2v) is 13.6. The molecule has 1 N–H and O–H groups in total. The quantitative estimate of drug-likeness (QED) is 0.0926.